The van der Waals surface area contributed by atoms with Crippen LogP contribution in [0.4, 0.5) is 11.8 Å². The van der Waals surface area contributed by atoms with E-state index in [2.05, 4.69) is 24.9 Å². The van der Waals surface area contributed by atoms with Crippen LogP contribution in [0, 0.1) is 0 Å². The van der Waals surface area contributed by atoms with Gasteiger partial charge in [-0.2, -0.15) is 15.1 Å². The minimum absolute atomic E-state index is 0.0172. The first kappa shape index (κ1) is 21.0. The Labute approximate surface area is 200 Å². The number of aromatic hydroxyl groups is 1. The van der Waals surface area contributed by atoms with E-state index < -0.39 is 0 Å². The van der Waals surface area contributed by atoms with E-state index in [4.69, 9.17) is 9.97 Å². The molecule has 0 radical (unpaired) electrons. The normalized spacial score (nSPS) is 14.2. The Morgan fingerprint density at radius 3 is 2.54 bits per heavy atom. The number of Topliss-reactive ketones (excluding diaryl/α,β-unsaturated/α-hetero) is 1. The lowest BCUT2D eigenvalue weighted by molar-refractivity contribution is -0.117. The summed E-state index contributed by atoms with van der Waals surface area (Å²) < 4.78 is 3.57. The van der Waals surface area contributed by atoms with Gasteiger partial charge in [-0.25, -0.2) is 14.6 Å². The molecule has 0 bridgehead atoms. The first-order valence-electron chi connectivity index (χ1n) is 11.4. The minimum atomic E-state index is 0.0172. The third-order valence-corrected chi connectivity index (χ3v) is 6.13. The Hall–Kier alpha value is -4.54. The molecule has 0 spiro atoms. The number of pyridine rings is 1. The van der Waals surface area contributed by atoms with Crippen molar-refractivity contribution in [3.8, 4) is 11.6 Å². The van der Waals surface area contributed by atoms with Crippen LogP contribution in [0.1, 0.15) is 6.92 Å². The fourth-order valence-electron chi connectivity index (χ4n) is 4.44. The molecule has 1 N–H and O–H groups in total. The zero-order valence-corrected chi connectivity index (χ0v) is 19.1. The molecule has 5 heterocycles. The molecule has 5 aromatic rings. The molecule has 176 valence electrons. The predicted molar refractivity (Wildman–Crippen MR) is 131 cm³/mol. The fraction of sp³-hybridized carbons (Fsp3) is 0.250. The molecule has 1 aliphatic heterocycles. The molecular weight excluding hydrogens is 446 g/mol. The molecule has 0 amide bonds. The SMILES string of the molecule is CC(=O)Cn1cnc2nc(N3CCN(c4ccc(O)cn4)CC3)nc(-n3ncc4ccccc43)c21. The summed E-state index contributed by atoms with van der Waals surface area (Å²) in [6, 6.07) is 11.4. The smallest absolute Gasteiger partial charge is 0.229 e. The number of nitrogens with zero attached hydrogens (tertiary/aromatic N) is 9. The highest BCUT2D eigenvalue weighted by atomic mass is 16.3. The highest BCUT2D eigenvalue weighted by Gasteiger charge is 2.24. The number of benzene rings is 1. The summed E-state index contributed by atoms with van der Waals surface area (Å²) in [6.45, 7) is 4.59. The summed E-state index contributed by atoms with van der Waals surface area (Å²) in [4.78, 5) is 34.7. The Balaban J connectivity index is 1.39. The minimum Gasteiger partial charge on any atom is -0.506 e. The quantitative estimate of drug-likeness (QED) is 0.413. The monoisotopic (exact) mass is 469 g/mol. The molecule has 11 nitrogen and oxygen atoms in total. The highest BCUT2D eigenvalue weighted by molar-refractivity contribution is 5.87. The van der Waals surface area contributed by atoms with E-state index in [0.717, 1.165) is 29.8 Å². The van der Waals surface area contributed by atoms with Crippen LogP contribution in [-0.4, -0.2) is 71.4 Å². The molecule has 1 saturated heterocycles. The number of hydrogen-bond donors (Lipinski definition) is 1. The molecule has 4 aromatic heterocycles. The molecule has 1 aliphatic rings. The molecule has 6 rings (SSSR count). The number of aromatic nitrogens is 7. The zero-order valence-electron chi connectivity index (χ0n) is 19.1. The summed E-state index contributed by atoms with van der Waals surface area (Å²) in [6.07, 6.45) is 4.89. The lowest BCUT2D eigenvalue weighted by Crippen LogP contribution is -2.47. The van der Waals surface area contributed by atoms with E-state index in [1.165, 1.54) is 6.20 Å². The van der Waals surface area contributed by atoms with Crippen LogP contribution >= 0.6 is 0 Å². The van der Waals surface area contributed by atoms with Crippen LogP contribution in [-0.2, 0) is 11.3 Å². The molecule has 0 aliphatic carbocycles. The number of carbonyl (C=O) groups excluding carboxylic acids is 1. The predicted octanol–water partition coefficient (Wildman–Crippen LogP) is 2.18. The van der Waals surface area contributed by atoms with Crippen molar-refractivity contribution in [2.75, 3.05) is 36.0 Å². The maximum atomic E-state index is 11.9. The van der Waals surface area contributed by atoms with Crippen molar-refractivity contribution in [2.24, 2.45) is 0 Å². The molecule has 1 aromatic carbocycles. The number of para-hydroxylation sites is 1. The van der Waals surface area contributed by atoms with E-state index in [9.17, 15) is 9.90 Å². The van der Waals surface area contributed by atoms with Crippen molar-refractivity contribution in [2.45, 2.75) is 13.5 Å². The van der Waals surface area contributed by atoms with Crippen molar-refractivity contribution in [1.29, 1.82) is 0 Å². The number of hydrogen-bond acceptors (Lipinski definition) is 9. The average molecular weight is 470 g/mol. The molecule has 0 unspecified atom stereocenters. The number of piperazine rings is 1. The third kappa shape index (κ3) is 3.80. The van der Waals surface area contributed by atoms with Gasteiger partial charge in [0.05, 0.1) is 30.8 Å². The maximum absolute atomic E-state index is 11.9. The van der Waals surface area contributed by atoms with Gasteiger partial charge in [0, 0.05) is 31.6 Å². The van der Waals surface area contributed by atoms with E-state index in [0.29, 0.717) is 36.0 Å². The summed E-state index contributed by atoms with van der Waals surface area (Å²) >= 11 is 0. The van der Waals surface area contributed by atoms with Crippen molar-refractivity contribution in [1.82, 2.24) is 34.3 Å². The highest BCUT2D eigenvalue weighted by Crippen LogP contribution is 2.26. The standard InChI is InChI=1S/C24H23N9O2/c1-16(34)14-32-15-26-22-21(32)23(33-19-5-3-2-4-17(19)12-27-33)29-24(28-22)31-10-8-30(9-11-31)20-7-6-18(35)13-25-20/h2-7,12-13,15,35H,8-11,14H2,1H3. The van der Waals surface area contributed by atoms with E-state index in [-0.39, 0.29) is 18.1 Å². The molecule has 0 saturated carbocycles. The average Bonchev–Trinajstić information content (AvgIpc) is 3.48. The van der Waals surface area contributed by atoms with Gasteiger partial charge in [0.2, 0.25) is 5.95 Å². The summed E-state index contributed by atoms with van der Waals surface area (Å²) in [7, 11) is 0. The van der Waals surface area contributed by atoms with Gasteiger partial charge in [-0.3, -0.25) is 4.79 Å². The van der Waals surface area contributed by atoms with Crippen LogP contribution in [0.5, 0.6) is 5.75 Å². The van der Waals surface area contributed by atoms with Crippen LogP contribution in [0.3, 0.4) is 0 Å². The van der Waals surface area contributed by atoms with Crippen LogP contribution in [0.15, 0.2) is 55.1 Å². The molecular formula is C24H23N9O2. The van der Waals surface area contributed by atoms with Gasteiger partial charge in [0.1, 0.15) is 22.9 Å². The Morgan fingerprint density at radius 1 is 0.971 bits per heavy atom. The maximum Gasteiger partial charge on any atom is 0.229 e. The summed E-state index contributed by atoms with van der Waals surface area (Å²) in [5.41, 5.74) is 2.11. The number of ketones is 1. The third-order valence-electron chi connectivity index (χ3n) is 6.13. The summed E-state index contributed by atoms with van der Waals surface area (Å²) in [5, 5.41) is 15.1. The van der Waals surface area contributed by atoms with Gasteiger partial charge >= 0.3 is 0 Å². The van der Waals surface area contributed by atoms with Gasteiger partial charge in [-0.15, -0.1) is 0 Å². The molecule has 35 heavy (non-hydrogen) atoms. The lowest BCUT2D eigenvalue weighted by atomic mass is 10.2. The number of anilines is 2. The van der Waals surface area contributed by atoms with Crippen molar-refractivity contribution in [3.05, 3.63) is 55.1 Å². The molecule has 11 heteroatoms. The first-order valence-corrected chi connectivity index (χ1v) is 11.4. The van der Waals surface area contributed by atoms with Gasteiger partial charge in [0.15, 0.2) is 11.5 Å². The lowest BCUT2D eigenvalue weighted by Gasteiger charge is -2.35. The van der Waals surface area contributed by atoms with Crippen LogP contribution in [0.25, 0.3) is 27.9 Å². The van der Waals surface area contributed by atoms with E-state index >= 15 is 0 Å². The Morgan fingerprint density at radius 2 is 1.77 bits per heavy atom. The van der Waals surface area contributed by atoms with E-state index in [1.807, 2.05) is 30.3 Å². The van der Waals surface area contributed by atoms with Crippen molar-refractivity contribution >= 4 is 39.6 Å². The molecule has 1 fully saturated rings. The van der Waals surface area contributed by atoms with Gasteiger partial charge in [-0.1, -0.05) is 18.2 Å². The van der Waals surface area contributed by atoms with Crippen LogP contribution in [0.2, 0.25) is 0 Å². The van der Waals surface area contributed by atoms with Gasteiger partial charge in [-0.05, 0) is 25.1 Å². The zero-order chi connectivity index (χ0) is 23.9. The van der Waals surface area contributed by atoms with Crippen LogP contribution < -0.4 is 9.80 Å². The second-order valence-corrected chi connectivity index (χ2v) is 8.56. The van der Waals surface area contributed by atoms with Gasteiger partial charge in [0.25, 0.3) is 0 Å². The first-order chi connectivity index (χ1) is 17.1. The second-order valence-electron chi connectivity index (χ2n) is 8.56. The number of fused-ring (bicyclic) bond motifs is 2. The van der Waals surface area contributed by atoms with E-state index in [1.54, 1.807) is 34.8 Å². The molecule has 0 atom stereocenters. The number of carbonyl (C=O) groups is 1. The Bertz CT molecular complexity index is 1530. The van der Waals surface area contributed by atoms with Crippen molar-refractivity contribution in [3.63, 3.8) is 0 Å². The van der Waals surface area contributed by atoms with Gasteiger partial charge < -0.3 is 19.5 Å². The second kappa shape index (κ2) is 8.35. The topological polar surface area (TPSA) is 118 Å². The Kier molecular flexibility index (Phi) is 5.02. The summed E-state index contributed by atoms with van der Waals surface area (Å²) in [5.74, 6) is 2.15. The van der Waals surface area contributed by atoms with Crippen molar-refractivity contribution < 1.29 is 9.90 Å². The largest absolute Gasteiger partial charge is 0.506 e. The number of rotatable bonds is 5. The fourth-order valence-corrected chi connectivity index (χ4v) is 4.44. The number of imidazole rings is 1.